The van der Waals surface area contributed by atoms with Crippen LogP contribution in [0.3, 0.4) is 0 Å². The van der Waals surface area contributed by atoms with E-state index in [1.807, 2.05) is 36.2 Å². The minimum Gasteiger partial charge on any atom is -0.439 e. The third-order valence-corrected chi connectivity index (χ3v) is 4.17. The summed E-state index contributed by atoms with van der Waals surface area (Å²) in [6.45, 7) is 3.59. The average molecular weight is 317 g/mol. The number of carbonyl (C=O) groups excluding carboxylic acids is 1. The summed E-state index contributed by atoms with van der Waals surface area (Å²) >= 11 is 0. The molecule has 1 amide bonds. The van der Waals surface area contributed by atoms with Gasteiger partial charge in [0.15, 0.2) is 5.58 Å². The van der Waals surface area contributed by atoms with Gasteiger partial charge < -0.3 is 14.1 Å². The number of aromatic nitrogens is 1. The Kier molecular flexibility index (Phi) is 4.93. The lowest BCUT2D eigenvalue weighted by Crippen LogP contribution is -2.31. The molecule has 0 aliphatic carbocycles. The van der Waals surface area contributed by atoms with Gasteiger partial charge in [-0.1, -0.05) is 12.1 Å². The van der Waals surface area contributed by atoms with Gasteiger partial charge in [-0.15, -0.1) is 0 Å². The molecule has 1 aromatic heterocycles. The third kappa shape index (κ3) is 3.89. The molecule has 1 atom stereocenters. The maximum absolute atomic E-state index is 12.0. The molecule has 0 bridgehead atoms. The molecule has 2 aromatic rings. The number of hydrogen-bond donors (Lipinski definition) is 0. The topological polar surface area (TPSA) is 58.8 Å². The zero-order valence-corrected chi connectivity index (χ0v) is 13.7. The van der Waals surface area contributed by atoms with Crippen molar-refractivity contribution in [1.82, 2.24) is 14.8 Å². The molecule has 1 aliphatic rings. The van der Waals surface area contributed by atoms with Gasteiger partial charge in [-0.3, -0.25) is 9.69 Å². The minimum atomic E-state index is 0.224. The molecule has 2 heterocycles. The molecule has 0 radical (unpaired) electrons. The van der Waals surface area contributed by atoms with Gasteiger partial charge in [-0.2, -0.15) is 0 Å². The highest BCUT2D eigenvalue weighted by molar-refractivity contribution is 5.78. The molecule has 1 aromatic carbocycles. The van der Waals surface area contributed by atoms with E-state index in [9.17, 15) is 4.79 Å². The van der Waals surface area contributed by atoms with E-state index in [0.29, 0.717) is 37.9 Å². The highest BCUT2D eigenvalue weighted by Crippen LogP contribution is 2.20. The summed E-state index contributed by atoms with van der Waals surface area (Å²) in [5, 5.41) is 0. The van der Waals surface area contributed by atoms with E-state index in [1.54, 1.807) is 7.11 Å². The van der Waals surface area contributed by atoms with E-state index in [1.165, 1.54) is 0 Å². The Morgan fingerprint density at radius 3 is 3.04 bits per heavy atom. The number of likely N-dealkylation sites (tertiary alicyclic amines) is 1. The second kappa shape index (κ2) is 7.10. The molecule has 1 saturated heterocycles. The van der Waals surface area contributed by atoms with Crippen LogP contribution in [0.1, 0.15) is 12.3 Å². The maximum atomic E-state index is 12.0. The Bertz CT molecular complexity index is 637. The van der Waals surface area contributed by atoms with Gasteiger partial charge >= 0.3 is 0 Å². The van der Waals surface area contributed by atoms with Crippen molar-refractivity contribution in [2.45, 2.75) is 13.0 Å². The zero-order chi connectivity index (χ0) is 16.2. The largest absolute Gasteiger partial charge is 0.439 e. The molecule has 23 heavy (non-hydrogen) atoms. The van der Waals surface area contributed by atoms with Crippen LogP contribution in [0, 0.1) is 5.92 Å². The van der Waals surface area contributed by atoms with Gasteiger partial charge in [0.05, 0.1) is 13.2 Å². The molecule has 1 aliphatic heterocycles. The van der Waals surface area contributed by atoms with Crippen molar-refractivity contribution < 1.29 is 13.9 Å². The van der Waals surface area contributed by atoms with Crippen molar-refractivity contribution in [1.29, 1.82) is 0 Å². The predicted octanol–water partition coefficient (Wildman–Crippen LogP) is 1.75. The van der Waals surface area contributed by atoms with Crippen molar-refractivity contribution in [3.8, 4) is 0 Å². The lowest BCUT2D eigenvalue weighted by molar-refractivity contribution is -0.128. The number of fused-ring (bicyclic) bond motifs is 1. The second-order valence-corrected chi connectivity index (χ2v) is 6.17. The second-order valence-electron chi connectivity index (χ2n) is 6.17. The number of ether oxygens (including phenoxy) is 1. The number of methoxy groups -OCH3 is 1. The quantitative estimate of drug-likeness (QED) is 0.779. The van der Waals surface area contributed by atoms with E-state index < -0.39 is 0 Å². The Labute approximate surface area is 136 Å². The number of carbonyl (C=O) groups is 1. The molecule has 6 heteroatoms. The average Bonchev–Trinajstić information content (AvgIpc) is 3.07. The Balaban J connectivity index is 1.53. The summed E-state index contributed by atoms with van der Waals surface area (Å²) in [6.07, 6.45) is 0.613. The van der Waals surface area contributed by atoms with Gasteiger partial charge in [-0.05, 0) is 25.1 Å². The van der Waals surface area contributed by atoms with E-state index in [4.69, 9.17) is 9.15 Å². The molecule has 3 rings (SSSR count). The summed E-state index contributed by atoms with van der Waals surface area (Å²) in [6, 6.07) is 7.78. The number of benzene rings is 1. The van der Waals surface area contributed by atoms with Crippen molar-refractivity contribution in [2.75, 3.05) is 40.4 Å². The van der Waals surface area contributed by atoms with Gasteiger partial charge in [0.25, 0.3) is 0 Å². The number of hydrogen-bond acceptors (Lipinski definition) is 5. The Morgan fingerprint density at radius 1 is 1.43 bits per heavy atom. The summed E-state index contributed by atoms with van der Waals surface area (Å²) < 4.78 is 10.8. The maximum Gasteiger partial charge on any atom is 0.223 e. The van der Waals surface area contributed by atoms with Crippen molar-refractivity contribution in [2.24, 2.45) is 5.92 Å². The van der Waals surface area contributed by atoms with Crippen LogP contribution in [0.2, 0.25) is 0 Å². The van der Waals surface area contributed by atoms with E-state index >= 15 is 0 Å². The van der Waals surface area contributed by atoms with Crippen molar-refractivity contribution >= 4 is 17.0 Å². The molecule has 6 nitrogen and oxygen atoms in total. The van der Waals surface area contributed by atoms with Crippen LogP contribution in [-0.4, -0.2) is 61.1 Å². The number of rotatable bonds is 7. The number of amides is 1. The van der Waals surface area contributed by atoms with Crippen LogP contribution >= 0.6 is 0 Å². The number of para-hydroxylation sites is 2. The first-order chi connectivity index (χ1) is 11.2. The molecule has 1 fully saturated rings. The van der Waals surface area contributed by atoms with Crippen LogP contribution in [0.15, 0.2) is 28.7 Å². The first-order valence-corrected chi connectivity index (χ1v) is 7.95. The lowest BCUT2D eigenvalue weighted by atomic mass is 10.1. The summed E-state index contributed by atoms with van der Waals surface area (Å²) in [4.78, 5) is 20.5. The minimum absolute atomic E-state index is 0.224. The lowest BCUT2D eigenvalue weighted by Gasteiger charge is -2.20. The smallest absolute Gasteiger partial charge is 0.223 e. The molecule has 124 valence electrons. The SMILES string of the molecule is COCCN1C[C@@H](CN(C)Cc2nc3ccccc3o2)CC1=O. The Morgan fingerprint density at radius 2 is 2.26 bits per heavy atom. The van der Waals surface area contributed by atoms with Crippen LogP contribution < -0.4 is 0 Å². The predicted molar refractivity (Wildman–Crippen MR) is 86.9 cm³/mol. The van der Waals surface area contributed by atoms with E-state index in [2.05, 4.69) is 9.88 Å². The Hall–Kier alpha value is -1.92. The first-order valence-electron chi connectivity index (χ1n) is 7.95. The normalized spacial score (nSPS) is 18.5. The molecular formula is C17H23N3O3. The summed E-state index contributed by atoms with van der Waals surface area (Å²) in [7, 11) is 3.70. The molecule has 0 N–H and O–H groups in total. The molecular weight excluding hydrogens is 294 g/mol. The molecule has 0 saturated carbocycles. The standard InChI is InChI=1S/C17H23N3O3/c1-19(10-13-9-17(21)20(11-13)7-8-22-2)12-16-18-14-5-3-4-6-15(14)23-16/h3-6,13H,7-12H2,1-2H3/t13-/m1/s1. The van der Waals surface area contributed by atoms with Crippen molar-refractivity contribution in [3.05, 3.63) is 30.2 Å². The molecule has 0 unspecified atom stereocenters. The number of nitrogens with zero attached hydrogens (tertiary/aromatic N) is 3. The van der Waals surface area contributed by atoms with E-state index in [0.717, 1.165) is 24.2 Å². The van der Waals surface area contributed by atoms with Gasteiger partial charge in [0.1, 0.15) is 5.52 Å². The molecule has 0 spiro atoms. The van der Waals surface area contributed by atoms with Crippen LogP contribution in [0.5, 0.6) is 0 Å². The number of oxazole rings is 1. The van der Waals surface area contributed by atoms with Crippen LogP contribution in [0.25, 0.3) is 11.1 Å². The highest BCUT2D eigenvalue weighted by atomic mass is 16.5. The fraction of sp³-hybridized carbons (Fsp3) is 0.529. The summed E-state index contributed by atoms with van der Waals surface area (Å²) in [5.74, 6) is 1.30. The van der Waals surface area contributed by atoms with Gasteiger partial charge in [0.2, 0.25) is 11.8 Å². The monoisotopic (exact) mass is 317 g/mol. The van der Waals surface area contributed by atoms with Gasteiger partial charge in [0, 0.05) is 33.2 Å². The third-order valence-electron chi connectivity index (χ3n) is 4.17. The summed E-state index contributed by atoms with van der Waals surface area (Å²) in [5.41, 5.74) is 1.70. The first kappa shape index (κ1) is 16.0. The van der Waals surface area contributed by atoms with Crippen LogP contribution in [0.4, 0.5) is 0 Å². The van der Waals surface area contributed by atoms with Crippen LogP contribution in [-0.2, 0) is 16.1 Å². The fourth-order valence-electron chi connectivity index (χ4n) is 3.12. The van der Waals surface area contributed by atoms with Crippen molar-refractivity contribution in [3.63, 3.8) is 0 Å². The van der Waals surface area contributed by atoms with Gasteiger partial charge in [-0.25, -0.2) is 4.98 Å². The fourth-order valence-corrected chi connectivity index (χ4v) is 3.12. The zero-order valence-electron chi connectivity index (χ0n) is 13.7. The highest BCUT2D eigenvalue weighted by Gasteiger charge is 2.29. The van der Waals surface area contributed by atoms with E-state index in [-0.39, 0.29) is 5.91 Å².